The van der Waals surface area contributed by atoms with E-state index in [9.17, 15) is 12.8 Å². The van der Waals surface area contributed by atoms with Gasteiger partial charge in [-0.05, 0) is 32.0 Å². The fourth-order valence-electron chi connectivity index (χ4n) is 1.99. The Morgan fingerprint density at radius 3 is 2.67 bits per heavy atom. The molecule has 0 unspecified atom stereocenters. The van der Waals surface area contributed by atoms with Crippen molar-refractivity contribution in [3.8, 4) is 5.75 Å². The average Bonchev–Trinajstić information content (AvgIpc) is 2.77. The summed E-state index contributed by atoms with van der Waals surface area (Å²) in [5.41, 5.74) is 0.666. The fourth-order valence-corrected chi connectivity index (χ4v) is 3.32. The summed E-state index contributed by atoms with van der Waals surface area (Å²) in [6.07, 6.45) is 0. The fraction of sp³-hybridized carbons (Fsp3) is 0.308. The molecule has 1 aromatic carbocycles. The Balaban J connectivity index is 2.26. The van der Waals surface area contributed by atoms with Crippen molar-refractivity contribution in [3.63, 3.8) is 0 Å². The zero-order valence-corrected chi connectivity index (χ0v) is 12.6. The summed E-state index contributed by atoms with van der Waals surface area (Å²) in [4.78, 5) is -0.00197. The molecule has 1 N–H and O–H groups in total. The van der Waals surface area contributed by atoms with E-state index in [1.807, 2.05) is 0 Å². The third kappa shape index (κ3) is 3.22. The van der Waals surface area contributed by atoms with Crippen molar-refractivity contribution in [1.82, 2.24) is 9.88 Å². The van der Waals surface area contributed by atoms with Gasteiger partial charge in [-0.3, -0.25) is 0 Å². The molecule has 2 rings (SSSR count). The Kier molecular flexibility index (Phi) is 4.29. The predicted molar refractivity (Wildman–Crippen MR) is 73.0 cm³/mol. The van der Waals surface area contributed by atoms with Gasteiger partial charge in [0.1, 0.15) is 22.2 Å². The Morgan fingerprint density at radius 2 is 2.10 bits per heavy atom. The summed E-state index contributed by atoms with van der Waals surface area (Å²) in [5.74, 6) is 0.131. The van der Waals surface area contributed by atoms with Crippen LogP contribution in [0.2, 0.25) is 0 Å². The number of aryl methyl sites for hydroxylation is 2. The molecule has 0 aliphatic carbocycles. The summed E-state index contributed by atoms with van der Waals surface area (Å²) in [5, 5.41) is 3.61. The van der Waals surface area contributed by atoms with Gasteiger partial charge in [0.25, 0.3) is 0 Å². The van der Waals surface area contributed by atoms with E-state index in [1.54, 1.807) is 0 Å². The first-order chi connectivity index (χ1) is 9.85. The molecule has 114 valence electrons. The lowest BCUT2D eigenvalue weighted by Crippen LogP contribution is -2.24. The van der Waals surface area contributed by atoms with Crippen LogP contribution >= 0.6 is 0 Å². The molecular formula is C13H15FN2O4S. The Hall–Kier alpha value is -1.93. The number of rotatable bonds is 5. The van der Waals surface area contributed by atoms with Gasteiger partial charge in [-0.2, -0.15) is 0 Å². The summed E-state index contributed by atoms with van der Waals surface area (Å²) >= 11 is 0. The number of nitrogens with zero attached hydrogens (tertiary/aromatic N) is 1. The molecule has 0 atom stereocenters. The highest BCUT2D eigenvalue weighted by Gasteiger charge is 2.24. The Morgan fingerprint density at radius 1 is 1.38 bits per heavy atom. The molecule has 0 aliphatic heterocycles. The lowest BCUT2D eigenvalue weighted by atomic mass is 10.2. The van der Waals surface area contributed by atoms with Gasteiger partial charge in [-0.1, -0.05) is 5.16 Å². The van der Waals surface area contributed by atoms with Crippen LogP contribution in [-0.2, 0) is 16.6 Å². The second kappa shape index (κ2) is 5.82. The highest BCUT2D eigenvalue weighted by Crippen LogP contribution is 2.22. The van der Waals surface area contributed by atoms with Gasteiger partial charge in [0.2, 0.25) is 10.0 Å². The van der Waals surface area contributed by atoms with Gasteiger partial charge < -0.3 is 9.26 Å². The van der Waals surface area contributed by atoms with E-state index in [1.165, 1.54) is 39.2 Å². The van der Waals surface area contributed by atoms with Crippen LogP contribution in [0.15, 0.2) is 27.6 Å². The molecule has 2 aromatic rings. The second-order valence-electron chi connectivity index (χ2n) is 4.43. The monoisotopic (exact) mass is 314 g/mol. The highest BCUT2D eigenvalue weighted by molar-refractivity contribution is 7.89. The van der Waals surface area contributed by atoms with Crippen LogP contribution in [0.1, 0.15) is 17.0 Å². The quantitative estimate of drug-likeness (QED) is 0.912. The van der Waals surface area contributed by atoms with E-state index in [-0.39, 0.29) is 22.9 Å². The average molecular weight is 314 g/mol. The number of halogens is 1. The molecule has 0 saturated carbocycles. The van der Waals surface area contributed by atoms with Crippen LogP contribution in [0, 0.1) is 19.7 Å². The van der Waals surface area contributed by atoms with Gasteiger partial charge in [0.15, 0.2) is 5.76 Å². The van der Waals surface area contributed by atoms with Crippen LogP contribution in [0.3, 0.4) is 0 Å². The van der Waals surface area contributed by atoms with Gasteiger partial charge in [0, 0.05) is 12.1 Å². The van der Waals surface area contributed by atoms with Crippen LogP contribution in [0.4, 0.5) is 4.39 Å². The largest absolute Gasteiger partial charge is 0.496 e. The van der Waals surface area contributed by atoms with Crippen molar-refractivity contribution < 1.29 is 22.1 Å². The zero-order valence-electron chi connectivity index (χ0n) is 11.8. The van der Waals surface area contributed by atoms with Gasteiger partial charge in [-0.15, -0.1) is 0 Å². The maximum absolute atomic E-state index is 13.2. The maximum atomic E-state index is 13.2. The number of hydrogen-bond donors (Lipinski definition) is 1. The number of hydrogen-bond acceptors (Lipinski definition) is 5. The van der Waals surface area contributed by atoms with E-state index in [4.69, 9.17) is 9.26 Å². The van der Waals surface area contributed by atoms with Crippen LogP contribution in [-0.4, -0.2) is 20.7 Å². The summed E-state index contributed by atoms with van der Waals surface area (Å²) in [6, 6.07) is 3.90. The molecule has 0 radical (unpaired) electrons. The van der Waals surface area contributed by atoms with E-state index in [0.717, 1.165) is 0 Å². The molecule has 1 aromatic heterocycles. The van der Waals surface area contributed by atoms with Crippen molar-refractivity contribution in [2.75, 3.05) is 7.11 Å². The molecule has 8 heteroatoms. The van der Waals surface area contributed by atoms with Gasteiger partial charge >= 0.3 is 0 Å². The number of ether oxygens (including phenoxy) is 1. The molecule has 0 saturated heterocycles. The minimum absolute atomic E-state index is 0.00197. The third-order valence-corrected chi connectivity index (χ3v) is 4.58. The molecular weight excluding hydrogens is 299 g/mol. The van der Waals surface area contributed by atoms with E-state index < -0.39 is 15.8 Å². The first kappa shape index (κ1) is 15.5. The number of sulfonamides is 1. The lowest BCUT2D eigenvalue weighted by Gasteiger charge is -2.10. The minimum atomic E-state index is -3.80. The zero-order chi connectivity index (χ0) is 15.6. The van der Waals surface area contributed by atoms with E-state index in [0.29, 0.717) is 11.3 Å². The van der Waals surface area contributed by atoms with Crippen molar-refractivity contribution in [1.29, 1.82) is 0 Å². The predicted octanol–water partition coefficient (Wildman–Crippen LogP) is 1.92. The number of aromatic nitrogens is 1. The SMILES string of the molecule is COc1ccc(F)cc1CNS(=O)(=O)c1c(C)noc1C. The smallest absolute Gasteiger partial charge is 0.246 e. The number of nitrogens with one attached hydrogen (secondary N) is 1. The van der Waals surface area contributed by atoms with Gasteiger partial charge in [-0.25, -0.2) is 17.5 Å². The van der Waals surface area contributed by atoms with Crippen LogP contribution in [0.5, 0.6) is 5.75 Å². The molecule has 21 heavy (non-hydrogen) atoms. The molecule has 6 nitrogen and oxygen atoms in total. The van der Waals surface area contributed by atoms with E-state index >= 15 is 0 Å². The van der Waals surface area contributed by atoms with Crippen molar-refractivity contribution in [2.45, 2.75) is 25.3 Å². The van der Waals surface area contributed by atoms with Crippen LogP contribution < -0.4 is 9.46 Å². The van der Waals surface area contributed by atoms with Gasteiger partial charge in [0.05, 0.1) is 7.11 Å². The first-order valence-corrected chi connectivity index (χ1v) is 7.58. The molecule has 0 spiro atoms. The molecule has 1 heterocycles. The molecule has 0 fully saturated rings. The first-order valence-electron chi connectivity index (χ1n) is 6.10. The molecule has 0 bridgehead atoms. The second-order valence-corrected chi connectivity index (χ2v) is 6.14. The van der Waals surface area contributed by atoms with Crippen molar-refractivity contribution >= 4 is 10.0 Å². The Labute approximate surface area is 122 Å². The topological polar surface area (TPSA) is 81.4 Å². The van der Waals surface area contributed by atoms with E-state index in [2.05, 4.69) is 9.88 Å². The van der Waals surface area contributed by atoms with Crippen molar-refractivity contribution in [3.05, 3.63) is 41.0 Å². The summed E-state index contributed by atoms with van der Waals surface area (Å²) in [6.45, 7) is 2.94. The summed E-state index contributed by atoms with van der Waals surface area (Å²) in [7, 11) is -2.37. The van der Waals surface area contributed by atoms with Crippen molar-refractivity contribution in [2.24, 2.45) is 0 Å². The van der Waals surface area contributed by atoms with Crippen LogP contribution in [0.25, 0.3) is 0 Å². The number of benzene rings is 1. The highest BCUT2D eigenvalue weighted by atomic mass is 32.2. The maximum Gasteiger partial charge on any atom is 0.246 e. The number of methoxy groups -OCH3 is 1. The third-order valence-electron chi connectivity index (χ3n) is 2.93. The molecule has 0 aliphatic rings. The summed E-state index contributed by atoms with van der Waals surface area (Å²) < 4.78 is 50.0. The minimum Gasteiger partial charge on any atom is -0.496 e. The Bertz CT molecular complexity index is 736. The standard InChI is InChI=1S/C13H15FN2O4S/c1-8-13(9(2)20-16-8)21(17,18)15-7-10-6-11(14)4-5-12(10)19-3/h4-6,15H,7H2,1-3H3. The molecule has 0 amide bonds. The lowest BCUT2D eigenvalue weighted by molar-refractivity contribution is 0.390. The normalized spacial score (nSPS) is 11.6.